The molecule has 0 saturated carbocycles. The Hall–Kier alpha value is -1.40. The van der Waals surface area contributed by atoms with Crippen molar-refractivity contribution in [2.75, 3.05) is 26.2 Å². The summed E-state index contributed by atoms with van der Waals surface area (Å²) in [6, 6.07) is 2.74. The average molecular weight is 376 g/mol. The third-order valence-corrected chi connectivity index (χ3v) is 5.80. The van der Waals surface area contributed by atoms with Crippen LogP contribution in [0.1, 0.15) is 64.3 Å². The van der Waals surface area contributed by atoms with E-state index in [-0.39, 0.29) is 5.91 Å². The van der Waals surface area contributed by atoms with Gasteiger partial charge in [0.1, 0.15) is 0 Å². The first-order valence-corrected chi connectivity index (χ1v) is 10.8. The second kappa shape index (κ2) is 9.69. The summed E-state index contributed by atoms with van der Waals surface area (Å²) < 4.78 is 2.14. The van der Waals surface area contributed by atoms with Gasteiger partial charge in [0, 0.05) is 32.2 Å². The molecule has 2 aliphatic rings. The highest BCUT2D eigenvalue weighted by atomic mass is 16.2. The van der Waals surface area contributed by atoms with Crippen LogP contribution in [0.15, 0.2) is 6.07 Å². The normalized spacial score (nSPS) is 21.9. The first kappa shape index (κ1) is 20.3. The number of fused-ring (bicyclic) bond motifs is 1. The van der Waals surface area contributed by atoms with Crippen LogP contribution in [-0.2, 0) is 24.4 Å². The van der Waals surface area contributed by atoms with Crippen LogP contribution in [0.5, 0.6) is 0 Å². The molecule has 0 spiro atoms. The van der Waals surface area contributed by atoms with Crippen molar-refractivity contribution in [2.45, 2.75) is 78.6 Å². The van der Waals surface area contributed by atoms with E-state index in [1.54, 1.807) is 0 Å². The zero-order chi connectivity index (χ0) is 19.2. The summed E-state index contributed by atoms with van der Waals surface area (Å²) in [7, 11) is 0. The van der Waals surface area contributed by atoms with Crippen LogP contribution in [0.25, 0.3) is 0 Å². The molecule has 1 saturated heterocycles. The molecule has 1 atom stereocenters. The molecule has 6 nitrogen and oxygen atoms in total. The number of amides is 1. The Morgan fingerprint density at radius 2 is 2.11 bits per heavy atom. The maximum absolute atomic E-state index is 12.4. The van der Waals surface area contributed by atoms with Crippen molar-refractivity contribution < 1.29 is 4.79 Å². The Kier molecular flexibility index (Phi) is 7.30. The van der Waals surface area contributed by atoms with Gasteiger partial charge in [0.15, 0.2) is 0 Å². The predicted molar refractivity (Wildman–Crippen MR) is 108 cm³/mol. The summed E-state index contributed by atoms with van der Waals surface area (Å²) in [5.74, 6) is 0.806. The van der Waals surface area contributed by atoms with E-state index in [2.05, 4.69) is 46.6 Å². The molecule has 27 heavy (non-hydrogen) atoms. The second-order valence-electron chi connectivity index (χ2n) is 8.64. The lowest BCUT2D eigenvalue weighted by atomic mass is 10.0. The molecule has 1 amide bonds. The Balaban J connectivity index is 1.51. The van der Waals surface area contributed by atoms with Crippen molar-refractivity contribution in [1.29, 1.82) is 0 Å². The van der Waals surface area contributed by atoms with Crippen LogP contribution in [-0.4, -0.2) is 57.7 Å². The number of nitrogens with zero attached hydrogens (tertiary/aromatic N) is 4. The molecule has 2 aliphatic heterocycles. The molecule has 3 rings (SSSR count). The fraction of sp³-hybridized carbons (Fsp3) is 0.810. The highest BCUT2D eigenvalue weighted by molar-refractivity contribution is 5.78. The molecular formula is C21H37N5O. The van der Waals surface area contributed by atoms with Gasteiger partial charge in [-0.3, -0.25) is 19.3 Å². The summed E-state index contributed by atoms with van der Waals surface area (Å²) in [4.78, 5) is 17.3. The molecule has 0 aromatic carbocycles. The summed E-state index contributed by atoms with van der Waals surface area (Å²) in [6.07, 6.45) is 6.01. The monoisotopic (exact) mass is 375 g/mol. The molecule has 1 fully saturated rings. The highest BCUT2D eigenvalue weighted by Crippen LogP contribution is 2.19. The van der Waals surface area contributed by atoms with Crippen LogP contribution in [0, 0.1) is 5.92 Å². The lowest BCUT2D eigenvalue weighted by Crippen LogP contribution is -2.45. The minimum atomic E-state index is 0.125. The number of hydrogen-bond donors (Lipinski definition) is 1. The fourth-order valence-electron chi connectivity index (χ4n) is 4.51. The summed E-state index contributed by atoms with van der Waals surface area (Å²) >= 11 is 0. The summed E-state index contributed by atoms with van der Waals surface area (Å²) in [5.41, 5.74) is 2.26. The smallest absolute Gasteiger partial charge is 0.234 e. The lowest BCUT2D eigenvalue weighted by molar-refractivity contribution is -0.123. The molecule has 0 bridgehead atoms. The van der Waals surface area contributed by atoms with Crippen molar-refractivity contribution in [3.63, 3.8) is 0 Å². The molecule has 1 aromatic rings. The van der Waals surface area contributed by atoms with E-state index >= 15 is 0 Å². The van der Waals surface area contributed by atoms with Gasteiger partial charge in [0.05, 0.1) is 24.5 Å². The topological polar surface area (TPSA) is 53.4 Å². The highest BCUT2D eigenvalue weighted by Gasteiger charge is 2.23. The maximum Gasteiger partial charge on any atom is 0.234 e. The van der Waals surface area contributed by atoms with Crippen molar-refractivity contribution in [1.82, 2.24) is 24.9 Å². The largest absolute Gasteiger partial charge is 0.349 e. The number of carbonyl (C=O) groups is 1. The van der Waals surface area contributed by atoms with E-state index in [1.807, 2.05) is 0 Å². The van der Waals surface area contributed by atoms with Gasteiger partial charge in [-0.25, -0.2) is 0 Å². The fourth-order valence-corrected chi connectivity index (χ4v) is 4.51. The van der Waals surface area contributed by atoms with Gasteiger partial charge < -0.3 is 5.32 Å². The molecular weight excluding hydrogens is 338 g/mol. The first-order valence-electron chi connectivity index (χ1n) is 10.8. The maximum atomic E-state index is 12.4. The minimum Gasteiger partial charge on any atom is -0.349 e. The van der Waals surface area contributed by atoms with E-state index < -0.39 is 0 Å². The lowest BCUT2D eigenvalue weighted by Gasteiger charge is -2.34. The molecule has 3 heterocycles. The van der Waals surface area contributed by atoms with Gasteiger partial charge in [0.2, 0.25) is 5.91 Å². The van der Waals surface area contributed by atoms with Crippen molar-refractivity contribution in [2.24, 2.45) is 5.92 Å². The Bertz CT molecular complexity index is 612. The molecule has 1 N–H and O–H groups in total. The van der Waals surface area contributed by atoms with E-state index in [0.717, 1.165) is 51.3 Å². The number of aromatic nitrogens is 2. The van der Waals surface area contributed by atoms with E-state index in [9.17, 15) is 4.79 Å². The van der Waals surface area contributed by atoms with Gasteiger partial charge in [-0.1, -0.05) is 27.2 Å². The number of likely N-dealkylation sites (tertiary alicyclic amines) is 1. The van der Waals surface area contributed by atoms with Gasteiger partial charge >= 0.3 is 0 Å². The standard InChI is InChI=1S/C21H37N5O/c1-4-19-8-5-6-10-25(19)16-21(27)22-13-18-12-20-15-24(14-17(2)3)9-7-11-26(20)23-18/h12,17,19H,4-11,13-16H2,1-3H3,(H,22,27)/t19-/m0/s1. The third kappa shape index (κ3) is 5.79. The van der Waals surface area contributed by atoms with Gasteiger partial charge in [-0.2, -0.15) is 5.10 Å². The SMILES string of the molecule is CC[C@H]1CCCCN1CC(=O)NCc1cc2n(n1)CCCN(CC(C)C)C2. The Labute approximate surface area is 164 Å². The molecule has 0 aliphatic carbocycles. The summed E-state index contributed by atoms with van der Waals surface area (Å²) in [6.45, 7) is 13.1. The van der Waals surface area contributed by atoms with Crippen LogP contribution in [0.3, 0.4) is 0 Å². The number of nitrogens with one attached hydrogen (secondary N) is 1. The zero-order valence-corrected chi connectivity index (χ0v) is 17.4. The zero-order valence-electron chi connectivity index (χ0n) is 17.4. The molecule has 152 valence electrons. The second-order valence-corrected chi connectivity index (χ2v) is 8.64. The number of piperidine rings is 1. The van der Waals surface area contributed by atoms with E-state index in [0.29, 0.717) is 25.0 Å². The summed E-state index contributed by atoms with van der Waals surface area (Å²) in [5, 5.41) is 7.82. The molecule has 1 aromatic heterocycles. The van der Waals surface area contributed by atoms with Gasteiger partial charge in [-0.05, 0) is 44.2 Å². The number of rotatable bonds is 7. The Morgan fingerprint density at radius 3 is 2.89 bits per heavy atom. The van der Waals surface area contributed by atoms with Crippen molar-refractivity contribution >= 4 is 5.91 Å². The minimum absolute atomic E-state index is 0.125. The quantitative estimate of drug-likeness (QED) is 0.796. The number of hydrogen-bond acceptors (Lipinski definition) is 4. The van der Waals surface area contributed by atoms with Crippen LogP contribution in [0.2, 0.25) is 0 Å². The first-order chi connectivity index (χ1) is 13.0. The van der Waals surface area contributed by atoms with Crippen molar-refractivity contribution in [3.8, 4) is 0 Å². The van der Waals surface area contributed by atoms with Gasteiger partial charge in [0.25, 0.3) is 0 Å². The molecule has 6 heteroatoms. The number of aryl methyl sites for hydroxylation is 1. The molecule has 0 radical (unpaired) electrons. The van der Waals surface area contributed by atoms with Crippen LogP contribution in [0.4, 0.5) is 0 Å². The van der Waals surface area contributed by atoms with Gasteiger partial charge in [-0.15, -0.1) is 0 Å². The third-order valence-electron chi connectivity index (χ3n) is 5.80. The van der Waals surface area contributed by atoms with Crippen LogP contribution < -0.4 is 5.32 Å². The van der Waals surface area contributed by atoms with Crippen molar-refractivity contribution in [3.05, 3.63) is 17.5 Å². The predicted octanol–water partition coefficient (Wildman–Crippen LogP) is 2.63. The molecule has 0 unspecified atom stereocenters. The van der Waals surface area contributed by atoms with E-state index in [4.69, 9.17) is 5.10 Å². The average Bonchev–Trinajstić information content (AvgIpc) is 2.92. The van der Waals surface area contributed by atoms with Crippen LogP contribution >= 0.6 is 0 Å². The Morgan fingerprint density at radius 1 is 1.26 bits per heavy atom. The van der Waals surface area contributed by atoms with E-state index in [1.165, 1.54) is 25.0 Å². The number of carbonyl (C=O) groups excluding carboxylic acids is 1.